The number of halogens is 3. The van der Waals surface area contributed by atoms with Gasteiger partial charge in [0.2, 0.25) is 0 Å². The van der Waals surface area contributed by atoms with Gasteiger partial charge < -0.3 is 34.9 Å². The number of carboxylic acids is 2. The smallest absolute Gasteiger partial charge is 0.416 e. The Hall–Kier alpha value is -3.90. The molecule has 0 bridgehead atoms. The SMILES string of the molecule is CN1CCN(C2=Nc3cc(C(F)(F)F)ccc3Nc3sc4ccc(/C(=C/C(=O)[O-])C(=O)[O-])cc4c32)CC1. The van der Waals surface area contributed by atoms with Crippen molar-refractivity contribution < 1.29 is 33.0 Å². The summed E-state index contributed by atoms with van der Waals surface area (Å²) in [6.45, 7) is 2.59. The van der Waals surface area contributed by atoms with Crippen molar-refractivity contribution in [3.63, 3.8) is 0 Å². The van der Waals surface area contributed by atoms with Gasteiger partial charge in [0.25, 0.3) is 0 Å². The maximum Gasteiger partial charge on any atom is 0.416 e. The van der Waals surface area contributed by atoms with E-state index in [0.717, 1.165) is 16.8 Å². The van der Waals surface area contributed by atoms with Crippen molar-refractivity contribution >= 4 is 61.1 Å². The number of aliphatic carboxylic acids is 2. The maximum absolute atomic E-state index is 13.5. The first-order chi connectivity index (χ1) is 17.5. The van der Waals surface area contributed by atoms with Crippen LogP contribution in [0.25, 0.3) is 15.7 Å². The predicted molar refractivity (Wildman–Crippen MR) is 130 cm³/mol. The number of hydrogen-bond acceptors (Lipinski definition) is 9. The second-order valence-corrected chi connectivity index (χ2v) is 9.81. The molecule has 3 heterocycles. The average Bonchev–Trinajstić information content (AvgIpc) is 3.09. The normalized spacial score (nSPS) is 16.5. The van der Waals surface area contributed by atoms with Crippen LogP contribution in [0.5, 0.6) is 0 Å². The number of benzene rings is 2. The molecule has 0 radical (unpaired) electrons. The van der Waals surface area contributed by atoms with Crippen LogP contribution >= 0.6 is 11.3 Å². The van der Waals surface area contributed by atoms with E-state index in [1.807, 2.05) is 11.9 Å². The molecule has 1 N–H and O–H groups in total. The maximum atomic E-state index is 13.5. The molecule has 1 aromatic heterocycles. The first-order valence-corrected chi connectivity index (χ1v) is 12.0. The molecule has 0 aliphatic carbocycles. The third kappa shape index (κ3) is 4.77. The van der Waals surface area contributed by atoms with Crippen LogP contribution in [0.1, 0.15) is 16.7 Å². The van der Waals surface area contributed by atoms with E-state index in [1.165, 1.54) is 29.5 Å². The second-order valence-electron chi connectivity index (χ2n) is 8.76. The lowest BCUT2D eigenvalue weighted by molar-refractivity contribution is -0.300. The standard InChI is InChI=1S/C25H21F3N4O4S/c1-31-6-8-32(9-7-31)22-21-16-10-13(15(24(35)36)12-20(33)34)2-5-19(16)37-23(21)30-17-4-3-14(25(26,27)28)11-18(17)29-22/h2-5,10-12,30H,6-9H2,1H3,(H,33,34)(H,35,36)/p-2/b15-12-. The van der Waals surface area contributed by atoms with E-state index in [4.69, 9.17) is 4.99 Å². The number of carbonyl (C=O) groups is 2. The Morgan fingerprint density at radius 3 is 2.46 bits per heavy atom. The van der Waals surface area contributed by atoms with Crippen molar-refractivity contribution in [2.75, 3.05) is 38.5 Å². The molecule has 5 rings (SSSR count). The van der Waals surface area contributed by atoms with Gasteiger partial charge in [-0.1, -0.05) is 6.07 Å². The van der Waals surface area contributed by atoms with Gasteiger partial charge in [-0.3, -0.25) is 0 Å². The van der Waals surface area contributed by atoms with Crippen LogP contribution in [-0.2, 0) is 15.8 Å². The summed E-state index contributed by atoms with van der Waals surface area (Å²) < 4.78 is 41.1. The molecule has 37 heavy (non-hydrogen) atoms. The van der Waals surface area contributed by atoms with E-state index in [9.17, 15) is 33.0 Å². The van der Waals surface area contributed by atoms with Gasteiger partial charge >= 0.3 is 6.18 Å². The van der Waals surface area contributed by atoms with Crippen molar-refractivity contribution in [3.05, 3.63) is 59.2 Å². The van der Waals surface area contributed by atoms with Crippen molar-refractivity contribution in [2.45, 2.75) is 6.18 Å². The number of nitrogens with one attached hydrogen (secondary N) is 1. The zero-order valence-electron chi connectivity index (χ0n) is 19.4. The summed E-state index contributed by atoms with van der Waals surface area (Å²) in [5.74, 6) is -2.90. The molecular formula is C25H19F3N4O4S-2. The van der Waals surface area contributed by atoms with Crippen LogP contribution < -0.4 is 15.5 Å². The minimum absolute atomic E-state index is 0.0937. The Morgan fingerprint density at radius 1 is 1.08 bits per heavy atom. The zero-order valence-corrected chi connectivity index (χ0v) is 20.2. The highest BCUT2D eigenvalue weighted by molar-refractivity contribution is 7.23. The molecule has 2 aromatic carbocycles. The highest BCUT2D eigenvalue weighted by Gasteiger charge is 2.33. The van der Waals surface area contributed by atoms with Crippen molar-refractivity contribution in [1.82, 2.24) is 9.80 Å². The fourth-order valence-electron chi connectivity index (χ4n) is 4.40. The molecule has 2 aliphatic rings. The summed E-state index contributed by atoms with van der Waals surface area (Å²) in [5.41, 5.74) is -0.155. The molecule has 1 fully saturated rings. The van der Waals surface area contributed by atoms with Gasteiger partial charge in [0, 0.05) is 41.8 Å². The number of fused-ring (bicyclic) bond motifs is 4. The van der Waals surface area contributed by atoms with Gasteiger partial charge in [-0.05, 0) is 49.0 Å². The third-order valence-corrected chi connectivity index (χ3v) is 7.39. The number of likely N-dealkylation sites (N-methyl/N-ethyl adjacent to an activating group) is 1. The largest absolute Gasteiger partial charge is 0.545 e. The minimum Gasteiger partial charge on any atom is -0.545 e. The van der Waals surface area contributed by atoms with Crippen molar-refractivity contribution in [2.24, 2.45) is 4.99 Å². The molecule has 3 aromatic rings. The van der Waals surface area contributed by atoms with Crippen molar-refractivity contribution in [3.8, 4) is 0 Å². The lowest BCUT2D eigenvalue weighted by Crippen LogP contribution is -2.47. The van der Waals surface area contributed by atoms with Crippen LogP contribution in [0.4, 0.5) is 29.5 Å². The number of nitrogens with zero attached hydrogens (tertiary/aromatic N) is 3. The molecule has 0 saturated carbocycles. The summed E-state index contributed by atoms with van der Waals surface area (Å²) in [5, 5.41) is 27.2. The summed E-state index contributed by atoms with van der Waals surface area (Å²) in [7, 11) is 1.97. The topological polar surface area (TPSA) is 111 Å². The monoisotopic (exact) mass is 528 g/mol. The van der Waals surface area contributed by atoms with E-state index < -0.39 is 29.3 Å². The molecule has 0 atom stereocenters. The number of rotatable bonds is 3. The molecule has 1 saturated heterocycles. The molecular weight excluding hydrogens is 509 g/mol. The number of alkyl halides is 3. The molecule has 0 unspecified atom stereocenters. The Kier molecular flexibility index (Phi) is 6.16. The Labute approximate surface area is 212 Å². The highest BCUT2D eigenvalue weighted by atomic mass is 32.1. The van der Waals surface area contributed by atoms with Crippen LogP contribution in [0.15, 0.2) is 47.5 Å². The third-order valence-electron chi connectivity index (χ3n) is 6.31. The Morgan fingerprint density at radius 2 is 1.81 bits per heavy atom. The fraction of sp³-hybridized carbons (Fsp3) is 0.240. The number of carboxylic acid groups (broad SMARTS) is 2. The van der Waals surface area contributed by atoms with Gasteiger partial charge in [0.1, 0.15) is 10.8 Å². The van der Waals surface area contributed by atoms with E-state index in [-0.39, 0.29) is 11.3 Å². The van der Waals surface area contributed by atoms with E-state index in [1.54, 1.807) is 6.07 Å². The first kappa shape index (κ1) is 24.8. The summed E-state index contributed by atoms with van der Waals surface area (Å²) in [6, 6.07) is 7.99. The van der Waals surface area contributed by atoms with E-state index in [0.29, 0.717) is 59.7 Å². The quantitative estimate of drug-likeness (QED) is 0.519. The minimum atomic E-state index is -4.54. The lowest BCUT2D eigenvalue weighted by Gasteiger charge is -2.34. The van der Waals surface area contributed by atoms with E-state index in [2.05, 4.69) is 10.2 Å². The Bertz CT molecular complexity index is 1490. The Balaban J connectivity index is 1.73. The predicted octanol–water partition coefficient (Wildman–Crippen LogP) is 2.19. The van der Waals surface area contributed by atoms with Gasteiger partial charge in [-0.25, -0.2) is 4.99 Å². The van der Waals surface area contributed by atoms with Crippen LogP contribution in [0.3, 0.4) is 0 Å². The zero-order chi connectivity index (χ0) is 26.5. The molecule has 8 nitrogen and oxygen atoms in total. The summed E-state index contributed by atoms with van der Waals surface area (Å²) in [4.78, 5) is 31.6. The summed E-state index contributed by atoms with van der Waals surface area (Å²) in [6.07, 6.45) is -4.08. The van der Waals surface area contributed by atoms with Gasteiger partial charge in [-0.2, -0.15) is 13.2 Å². The van der Waals surface area contributed by atoms with Crippen molar-refractivity contribution in [1.29, 1.82) is 0 Å². The molecule has 12 heteroatoms. The van der Waals surface area contributed by atoms with E-state index >= 15 is 0 Å². The number of amidine groups is 1. The number of hydrogen-bond donors (Lipinski definition) is 1. The number of piperazine rings is 1. The molecule has 0 spiro atoms. The van der Waals surface area contributed by atoms with Crippen LogP contribution in [0, 0.1) is 0 Å². The van der Waals surface area contributed by atoms with Gasteiger partial charge in [-0.15, -0.1) is 11.3 Å². The molecule has 192 valence electrons. The second kappa shape index (κ2) is 9.20. The van der Waals surface area contributed by atoms with Crippen LogP contribution in [0.2, 0.25) is 0 Å². The lowest BCUT2D eigenvalue weighted by atomic mass is 10.0. The van der Waals surface area contributed by atoms with Crippen LogP contribution in [-0.4, -0.2) is 60.8 Å². The van der Waals surface area contributed by atoms with Gasteiger partial charge in [0.15, 0.2) is 0 Å². The highest BCUT2D eigenvalue weighted by Crippen LogP contribution is 2.45. The first-order valence-electron chi connectivity index (χ1n) is 11.2. The molecule has 0 amide bonds. The van der Waals surface area contributed by atoms with Gasteiger partial charge in [0.05, 0.1) is 34.4 Å². The molecule has 2 aliphatic heterocycles. The number of carbonyl (C=O) groups excluding carboxylic acids is 2. The number of aliphatic imine (C=N–C) groups is 1. The number of thiophene rings is 1. The summed E-state index contributed by atoms with van der Waals surface area (Å²) >= 11 is 1.33. The number of anilines is 2. The fourth-order valence-corrected chi connectivity index (χ4v) is 5.49. The average molecular weight is 529 g/mol.